The van der Waals surface area contributed by atoms with Gasteiger partial charge in [0.1, 0.15) is 0 Å². The maximum Gasteiger partial charge on any atom is 0.317 e. The number of carbonyl (C=O) groups is 1. The predicted octanol–water partition coefficient (Wildman–Crippen LogP) is 2.77. The summed E-state index contributed by atoms with van der Waals surface area (Å²) in [5.74, 6) is 0. The highest BCUT2D eigenvalue weighted by Gasteiger charge is 2.18. The van der Waals surface area contributed by atoms with Gasteiger partial charge in [-0.1, -0.05) is 31.2 Å². The monoisotopic (exact) mass is 343 g/mol. The van der Waals surface area contributed by atoms with Crippen molar-refractivity contribution in [3.05, 3.63) is 53.3 Å². The van der Waals surface area contributed by atoms with Gasteiger partial charge in [0.15, 0.2) is 0 Å². The molecule has 0 aliphatic rings. The molecule has 0 radical (unpaired) electrons. The Balaban J connectivity index is 2.04. The Morgan fingerprint density at radius 3 is 2.32 bits per heavy atom. The highest BCUT2D eigenvalue weighted by atomic mass is 16.2. The minimum atomic E-state index is -0.0762. The highest BCUT2D eigenvalue weighted by molar-refractivity contribution is 5.74. The fraction of sp³-hybridized carbons (Fsp3) is 0.474. The first-order valence-corrected chi connectivity index (χ1v) is 8.63. The summed E-state index contributed by atoms with van der Waals surface area (Å²) in [6.07, 6.45) is 2.57. The van der Waals surface area contributed by atoms with Crippen molar-refractivity contribution in [1.29, 1.82) is 0 Å². The van der Waals surface area contributed by atoms with Crippen molar-refractivity contribution < 1.29 is 4.79 Å². The van der Waals surface area contributed by atoms with Gasteiger partial charge >= 0.3 is 6.03 Å². The zero-order valence-electron chi connectivity index (χ0n) is 15.9. The Kier molecular flexibility index (Phi) is 6.58. The largest absolute Gasteiger partial charge is 0.330 e. The van der Waals surface area contributed by atoms with E-state index in [1.54, 1.807) is 15.8 Å². The first-order valence-electron chi connectivity index (χ1n) is 8.63. The van der Waals surface area contributed by atoms with E-state index in [1.807, 2.05) is 46.4 Å². The lowest BCUT2D eigenvalue weighted by Gasteiger charge is -2.24. The normalized spacial score (nSPS) is 12.2. The molecular weight excluding hydrogens is 314 g/mol. The van der Waals surface area contributed by atoms with Gasteiger partial charge in [-0.2, -0.15) is 5.10 Å². The molecule has 1 heterocycles. The number of rotatable bonds is 7. The third-order valence-electron chi connectivity index (χ3n) is 4.28. The summed E-state index contributed by atoms with van der Waals surface area (Å²) in [4.78, 5) is 16.5. The molecule has 2 aromatic rings. The molecule has 1 atom stereocenters. The Labute approximate surface area is 150 Å². The van der Waals surface area contributed by atoms with Gasteiger partial charge in [-0.3, -0.25) is 4.68 Å². The minimum Gasteiger partial charge on any atom is -0.330 e. The van der Waals surface area contributed by atoms with E-state index in [0.29, 0.717) is 6.54 Å². The van der Waals surface area contributed by atoms with Crippen LogP contribution in [0.3, 0.4) is 0 Å². The lowest BCUT2D eigenvalue weighted by molar-refractivity contribution is 0.201. The van der Waals surface area contributed by atoms with Crippen LogP contribution >= 0.6 is 0 Å². The van der Waals surface area contributed by atoms with Crippen LogP contribution in [0.15, 0.2) is 36.5 Å². The number of aromatic nitrogens is 2. The van der Waals surface area contributed by atoms with Gasteiger partial charge in [-0.15, -0.1) is 0 Å². The first kappa shape index (κ1) is 19.0. The van der Waals surface area contributed by atoms with Gasteiger partial charge in [0.2, 0.25) is 0 Å². The second-order valence-corrected chi connectivity index (χ2v) is 6.65. The molecule has 0 bridgehead atoms. The number of nitrogens with zero attached hydrogens (tertiary/aromatic N) is 4. The van der Waals surface area contributed by atoms with Crippen molar-refractivity contribution in [1.82, 2.24) is 24.9 Å². The van der Waals surface area contributed by atoms with Crippen molar-refractivity contribution in [2.45, 2.75) is 32.5 Å². The van der Waals surface area contributed by atoms with E-state index >= 15 is 0 Å². The van der Waals surface area contributed by atoms with Gasteiger partial charge in [-0.05, 0) is 37.7 Å². The zero-order chi connectivity index (χ0) is 18.4. The van der Waals surface area contributed by atoms with Crippen LogP contribution in [0.25, 0.3) is 0 Å². The number of carbonyl (C=O) groups excluding carboxylic acids is 1. The SMILES string of the molecule is CC[C@H](NC(=O)N(C)Cc1ccccc1CN(C)C)c1ccnn1C. The summed E-state index contributed by atoms with van der Waals surface area (Å²) >= 11 is 0. The van der Waals surface area contributed by atoms with Crippen LogP contribution in [0.2, 0.25) is 0 Å². The van der Waals surface area contributed by atoms with Gasteiger partial charge in [0.25, 0.3) is 0 Å². The molecule has 1 aromatic carbocycles. The van der Waals surface area contributed by atoms with Crippen molar-refractivity contribution in [3.63, 3.8) is 0 Å². The van der Waals surface area contributed by atoms with E-state index in [0.717, 1.165) is 18.7 Å². The predicted molar refractivity (Wildman–Crippen MR) is 100 cm³/mol. The number of aryl methyl sites for hydroxylation is 1. The lowest BCUT2D eigenvalue weighted by Crippen LogP contribution is -2.39. The summed E-state index contributed by atoms with van der Waals surface area (Å²) in [5, 5.41) is 7.30. The van der Waals surface area contributed by atoms with Gasteiger partial charge in [-0.25, -0.2) is 4.79 Å². The molecule has 1 N–H and O–H groups in total. The van der Waals surface area contributed by atoms with Crippen LogP contribution < -0.4 is 5.32 Å². The molecule has 136 valence electrons. The van der Waals surface area contributed by atoms with E-state index < -0.39 is 0 Å². The van der Waals surface area contributed by atoms with Crippen LogP contribution in [-0.4, -0.2) is 46.8 Å². The quantitative estimate of drug-likeness (QED) is 0.841. The van der Waals surface area contributed by atoms with Crippen molar-refractivity contribution in [3.8, 4) is 0 Å². The summed E-state index contributed by atoms with van der Waals surface area (Å²) in [6, 6.07) is 10.1. The molecule has 2 amide bonds. The van der Waals surface area contributed by atoms with E-state index in [9.17, 15) is 4.79 Å². The molecule has 0 saturated heterocycles. The fourth-order valence-electron chi connectivity index (χ4n) is 2.90. The molecule has 0 unspecified atom stereocenters. The zero-order valence-corrected chi connectivity index (χ0v) is 15.9. The molecular formula is C19H29N5O. The highest BCUT2D eigenvalue weighted by Crippen LogP contribution is 2.17. The van der Waals surface area contributed by atoms with E-state index in [4.69, 9.17) is 0 Å². The van der Waals surface area contributed by atoms with E-state index in [-0.39, 0.29) is 12.1 Å². The van der Waals surface area contributed by atoms with Gasteiger partial charge < -0.3 is 15.1 Å². The van der Waals surface area contributed by atoms with Crippen LogP contribution in [0, 0.1) is 0 Å². The Morgan fingerprint density at radius 1 is 1.16 bits per heavy atom. The summed E-state index contributed by atoms with van der Waals surface area (Å²) in [5.41, 5.74) is 3.42. The number of amides is 2. The average molecular weight is 343 g/mol. The maximum atomic E-state index is 12.6. The summed E-state index contributed by atoms with van der Waals surface area (Å²) in [7, 11) is 7.82. The molecule has 0 aliphatic heterocycles. The number of hydrogen-bond donors (Lipinski definition) is 1. The molecule has 25 heavy (non-hydrogen) atoms. The lowest BCUT2D eigenvalue weighted by atomic mass is 10.1. The summed E-state index contributed by atoms with van der Waals surface area (Å²) in [6.45, 7) is 3.50. The molecule has 0 spiro atoms. The Morgan fingerprint density at radius 2 is 1.80 bits per heavy atom. The maximum absolute atomic E-state index is 12.6. The Bertz CT molecular complexity index is 695. The number of benzene rings is 1. The molecule has 6 nitrogen and oxygen atoms in total. The van der Waals surface area contributed by atoms with Crippen LogP contribution in [0.5, 0.6) is 0 Å². The van der Waals surface area contributed by atoms with Gasteiger partial charge in [0, 0.05) is 33.4 Å². The molecule has 1 aromatic heterocycles. The van der Waals surface area contributed by atoms with E-state index in [2.05, 4.69) is 34.4 Å². The third-order valence-corrected chi connectivity index (χ3v) is 4.28. The minimum absolute atomic E-state index is 0.0422. The first-order chi connectivity index (χ1) is 11.9. The number of urea groups is 1. The molecule has 0 saturated carbocycles. The molecule has 6 heteroatoms. The number of nitrogens with one attached hydrogen (secondary N) is 1. The number of hydrogen-bond acceptors (Lipinski definition) is 3. The second-order valence-electron chi connectivity index (χ2n) is 6.65. The van der Waals surface area contributed by atoms with Crippen LogP contribution in [0.4, 0.5) is 4.79 Å². The average Bonchev–Trinajstić information content (AvgIpc) is 2.99. The topological polar surface area (TPSA) is 53.4 Å². The molecule has 2 rings (SSSR count). The van der Waals surface area contributed by atoms with Crippen LogP contribution in [0.1, 0.15) is 36.2 Å². The second kappa shape index (κ2) is 8.67. The van der Waals surface area contributed by atoms with Crippen LogP contribution in [-0.2, 0) is 20.1 Å². The Hall–Kier alpha value is -2.34. The van der Waals surface area contributed by atoms with Gasteiger partial charge in [0.05, 0.1) is 11.7 Å². The van der Waals surface area contributed by atoms with Crippen molar-refractivity contribution in [2.75, 3.05) is 21.1 Å². The fourth-order valence-corrected chi connectivity index (χ4v) is 2.90. The molecule has 0 aliphatic carbocycles. The molecule has 0 fully saturated rings. The smallest absolute Gasteiger partial charge is 0.317 e. The summed E-state index contributed by atoms with van der Waals surface area (Å²) < 4.78 is 1.81. The third kappa shape index (κ3) is 5.06. The standard InChI is InChI=1S/C19H29N5O/c1-6-17(18-11-12-20-24(18)5)21-19(25)23(4)14-16-10-8-7-9-15(16)13-22(2)3/h7-12,17H,6,13-14H2,1-5H3,(H,21,25)/t17-/m0/s1. The van der Waals surface area contributed by atoms with Crippen molar-refractivity contribution in [2.24, 2.45) is 7.05 Å². The van der Waals surface area contributed by atoms with Crippen molar-refractivity contribution >= 4 is 6.03 Å². The van der Waals surface area contributed by atoms with E-state index in [1.165, 1.54) is 11.1 Å².